The summed E-state index contributed by atoms with van der Waals surface area (Å²) in [5.74, 6) is 0.693. The Morgan fingerprint density at radius 1 is 1.32 bits per heavy atom. The summed E-state index contributed by atoms with van der Waals surface area (Å²) < 4.78 is 0. The number of guanidine groups is 1. The minimum absolute atomic E-state index is 0.693. The highest BCUT2D eigenvalue weighted by atomic mass is 32.1. The van der Waals surface area contributed by atoms with Crippen LogP contribution in [-0.2, 0) is 0 Å². The van der Waals surface area contributed by atoms with Gasteiger partial charge < -0.3 is 20.4 Å². The van der Waals surface area contributed by atoms with Crippen LogP contribution in [-0.4, -0.2) is 73.1 Å². The van der Waals surface area contributed by atoms with Crippen LogP contribution in [0.2, 0.25) is 0 Å². The fraction of sp³-hybridized carbons (Fsp3) is 0.733. The van der Waals surface area contributed by atoms with Gasteiger partial charge in [0.25, 0.3) is 0 Å². The van der Waals surface area contributed by atoms with E-state index in [1.165, 1.54) is 0 Å². The summed E-state index contributed by atoms with van der Waals surface area (Å²) in [5.41, 5.74) is 6.13. The smallest absolute Gasteiger partial charge is 0.191 e. The number of hydrogen-bond donors (Lipinski definition) is 1. The van der Waals surface area contributed by atoms with Crippen molar-refractivity contribution < 1.29 is 0 Å². The number of rotatable bonds is 7. The van der Waals surface area contributed by atoms with Gasteiger partial charge in [0.1, 0.15) is 0 Å². The van der Waals surface area contributed by atoms with Crippen LogP contribution in [0.3, 0.4) is 0 Å². The van der Waals surface area contributed by atoms with Crippen molar-refractivity contribution in [2.24, 2.45) is 10.7 Å². The molecular formula is C15H28N6S. The number of piperazine rings is 1. The summed E-state index contributed by atoms with van der Waals surface area (Å²) in [7, 11) is 0. The van der Waals surface area contributed by atoms with E-state index in [1.807, 2.05) is 11.6 Å². The highest BCUT2D eigenvalue weighted by molar-refractivity contribution is 7.13. The molecule has 0 amide bonds. The maximum absolute atomic E-state index is 6.13. The summed E-state index contributed by atoms with van der Waals surface area (Å²) in [4.78, 5) is 15.8. The summed E-state index contributed by atoms with van der Waals surface area (Å²) in [5, 5.41) is 3.13. The van der Waals surface area contributed by atoms with Gasteiger partial charge in [0.2, 0.25) is 0 Å². The Morgan fingerprint density at radius 3 is 2.64 bits per heavy atom. The summed E-state index contributed by atoms with van der Waals surface area (Å²) >= 11 is 1.69. The van der Waals surface area contributed by atoms with Gasteiger partial charge >= 0.3 is 0 Å². The quantitative estimate of drug-likeness (QED) is 0.465. The lowest BCUT2D eigenvalue weighted by atomic mass is 10.3. The number of hydrogen-bond acceptors (Lipinski definition) is 5. The Bertz CT molecular complexity index is 435. The minimum Gasteiger partial charge on any atom is -0.370 e. The van der Waals surface area contributed by atoms with Gasteiger partial charge in [0.05, 0.1) is 0 Å². The van der Waals surface area contributed by atoms with E-state index in [9.17, 15) is 0 Å². The molecule has 1 aliphatic rings. The molecule has 2 rings (SSSR count). The number of nitrogens with two attached hydrogens (primary N) is 1. The monoisotopic (exact) mass is 324 g/mol. The molecule has 124 valence electrons. The molecule has 6 nitrogen and oxygen atoms in total. The van der Waals surface area contributed by atoms with Gasteiger partial charge in [-0.1, -0.05) is 13.8 Å². The highest BCUT2D eigenvalue weighted by Crippen LogP contribution is 2.18. The molecule has 1 aromatic heterocycles. The molecule has 1 saturated heterocycles. The third kappa shape index (κ3) is 4.84. The van der Waals surface area contributed by atoms with Crippen LogP contribution in [0, 0.1) is 0 Å². The SMILES string of the molecule is CCN(CC)CCCN=C(N)N1CCN(c2nccs2)CC1. The van der Waals surface area contributed by atoms with Crippen molar-refractivity contribution in [1.29, 1.82) is 0 Å². The lowest BCUT2D eigenvalue weighted by molar-refractivity contribution is 0.301. The van der Waals surface area contributed by atoms with Gasteiger partial charge in [-0.05, 0) is 26.1 Å². The highest BCUT2D eigenvalue weighted by Gasteiger charge is 2.19. The molecule has 0 unspecified atom stereocenters. The number of nitrogens with zero attached hydrogens (tertiary/aromatic N) is 5. The number of aromatic nitrogens is 1. The lowest BCUT2D eigenvalue weighted by Crippen LogP contribution is -2.51. The number of aliphatic imine (C=N–C) groups is 1. The topological polar surface area (TPSA) is 61.0 Å². The fourth-order valence-electron chi connectivity index (χ4n) is 2.63. The molecule has 2 N–H and O–H groups in total. The van der Waals surface area contributed by atoms with Crippen LogP contribution in [0.5, 0.6) is 0 Å². The first kappa shape index (κ1) is 17.0. The van der Waals surface area contributed by atoms with Gasteiger partial charge in [-0.3, -0.25) is 4.99 Å². The van der Waals surface area contributed by atoms with Crippen LogP contribution in [0.4, 0.5) is 5.13 Å². The molecule has 0 radical (unpaired) electrons. The zero-order chi connectivity index (χ0) is 15.8. The molecular weight excluding hydrogens is 296 g/mol. The molecule has 1 aromatic rings. The van der Waals surface area contributed by atoms with Crippen molar-refractivity contribution in [1.82, 2.24) is 14.8 Å². The van der Waals surface area contributed by atoms with Crippen LogP contribution in [0.25, 0.3) is 0 Å². The molecule has 7 heteroatoms. The molecule has 0 aliphatic carbocycles. The minimum atomic E-state index is 0.693. The molecule has 0 spiro atoms. The Morgan fingerprint density at radius 2 is 2.05 bits per heavy atom. The van der Waals surface area contributed by atoms with Gasteiger partial charge in [-0.2, -0.15) is 0 Å². The molecule has 0 aromatic carbocycles. The van der Waals surface area contributed by atoms with E-state index in [4.69, 9.17) is 5.73 Å². The van der Waals surface area contributed by atoms with Crippen LogP contribution in [0.1, 0.15) is 20.3 Å². The van der Waals surface area contributed by atoms with Crippen molar-refractivity contribution in [2.75, 3.05) is 57.3 Å². The first-order chi connectivity index (χ1) is 10.7. The molecule has 0 bridgehead atoms. The van der Waals surface area contributed by atoms with E-state index in [1.54, 1.807) is 11.3 Å². The van der Waals surface area contributed by atoms with E-state index in [0.29, 0.717) is 5.96 Å². The van der Waals surface area contributed by atoms with Gasteiger partial charge in [0, 0.05) is 44.3 Å². The second-order valence-electron chi connectivity index (χ2n) is 5.41. The summed E-state index contributed by atoms with van der Waals surface area (Å²) in [6, 6.07) is 0. The van der Waals surface area contributed by atoms with E-state index in [2.05, 4.69) is 38.5 Å². The van der Waals surface area contributed by atoms with Crippen molar-refractivity contribution >= 4 is 22.4 Å². The van der Waals surface area contributed by atoms with Crippen molar-refractivity contribution in [3.8, 4) is 0 Å². The molecule has 22 heavy (non-hydrogen) atoms. The number of thiazole rings is 1. The Labute approximate surface area is 137 Å². The van der Waals surface area contributed by atoms with Crippen LogP contribution >= 0.6 is 11.3 Å². The Balaban J connectivity index is 1.70. The third-order valence-corrected chi connectivity index (χ3v) is 4.93. The second-order valence-corrected chi connectivity index (χ2v) is 6.28. The summed E-state index contributed by atoms with van der Waals surface area (Å²) in [6.07, 6.45) is 2.93. The normalized spacial score (nSPS) is 16.6. The molecule has 0 saturated carbocycles. The zero-order valence-electron chi connectivity index (χ0n) is 13.7. The zero-order valence-corrected chi connectivity index (χ0v) is 14.6. The molecule has 1 aliphatic heterocycles. The average molecular weight is 324 g/mol. The number of anilines is 1. The molecule has 0 atom stereocenters. The van der Waals surface area contributed by atoms with E-state index >= 15 is 0 Å². The molecule has 2 heterocycles. The second kappa shape index (κ2) is 8.95. The van der Waals surface area contributed by atoms with Crippen molar-refractivity contribution in [2.45, 2.75) is 20.3 Å². The first-order valence-corrected chi connectivity index (χ1v) is 9.04. The van der Waals surface area contributed by atoms with Crippen LogP contribution in [0.15, 0.2) is 16.6 Å². The van der Waals surface area contributed by atoms with Crippen molar-refractivity contribution in [3.63, 3.8) is 0 Å². The van der Waals surface area contributed by atoms with E-state index in [-0.39, 0.29) is 0 Å². The standard InChI is InChI=1S/C15H28N6S/c1-3-19(4-2)8-5-6-17-14(16)20-9-11-21(12-10-20)15-18-7-13-22-15/h7,13H,3-6,8-12H2,1-2H3,(H2,16,17). The summed E-state index contributed by atoms with van der Waals surface area (Å²) in [6.45, 7) is 12.3. The molecule has 1 fully saturated rings. The predicted molar refractivity (Wildman–Crippen MR) is 94.8 cm³/mol. The fourth-order valence-corrected chi connectivity index (χ4v) is 3.32. The van der Waals surface area contributed by atoms with Crippen LogP contribution < -0.4 is 10.6 Å². The van der Waals surface area contributed by atoms with E-state index in [0.717, 1.165) is 63.9 Å². The Kier molecular flexibility index (Phi) is 6.92. The Hall–Kier alpha value is -1.34. The maximum Gasteiger partial charge on any atom is 0.191 e. The van der Waals surface area contributed by atoms with Gasteiger partial charge in [-0.25, -0.2) is 4.98 Å². The first-order valence-electron chi connectivity index (χ1n) is 8.16. The lowest BCUT2D eigenvalue weighted by Gasteiger charge is -2.35. The average Bonchev–Trinajstić information content (AvgIpc) is 3.09. The van der Waals surface area contributed by atoms with Crippen molar-refractivity contribution in [3.05, 3.63) is 11.6 Å². The van der Waals surface area contributed by atoms with E-state index < -0.39 is 0 Å². The largest absolute Gasteiger partial charge is 0.370 e. The van der Waals surface area contributed by atoms with Gasteiger partial charge in [-0.15, -0.1) is 11.3 Å². The predicted octanol–water partition coefficient (Wildman–Crippen LogP) is 1.31. The van der Waals surface area contributed by atoms with Gasteiger partial charge in [0.15, 0.2) is 11.1 Å². The third-order valence-electron chi connectivity index (χ3n) is 4.09. The maximum atomic E-state index is 6.13.